The lowest BCUT2D eigenvalue weighted by Crippen LogP contribution is -2.53. The Morgan fingerprint density at radius 1 is 1.32 bits per heavy atom. The summed E-state index contributed by atoms with van der Waals surface area (Å²) < 4.78 is 11.2. The zero-order valence-electron chi connectivity index (χ0n) is 17.1. The Hall–Kier alpha value is -2.61. The molecule has 28 heavy (non-hydrogen) atoms. The van der Waals surface area contributed by atoms with Gasteiger partial charge in [-0.2, -0.15) is 0 Å². The highest BCUT2D eigenvalue weighted by Crippen LogP contribution is 2.26. The second kappa shape index (κ2) is 7.79. The molecule has 1 aliphatic rings. The summed E-state index contributed by atoms with van der Waals surface area (Å²) in [4.78, 5) is 32.1. The Balaban J connectivity index is 1.62. The molecular weight excluding hydrogens is 360 g/mol. The third-order valence-corrected chi connectivity index (χ3v) is 4.76. The molecule has 1 saturated heterocycles. The van der Waals surface area contributed by atoms with Crippen LogP contribution in [-0.4, -0.2) is 66.6 Å². The molecule has 8 heteroatoms. The number of benzene rings is 1. The normalized spacial score (nSPS) is 17.6. The first kappa shape index (κ1) is 20.1. The van der Waals surface area contributed by atoms with Gasteiger partial charge in [-0.1, -0.05) is 26.8 Å². The van der Waals surface area contributed by atoms with E-state index in [4.69, 9.17) is 9.15 Å². The summed E-state index contributed by atoms with van der Waals surface area (Å²) in [7, 11) is 3.34. The molecule has 8 nitrogen and oxygen atoms in total. The number of amides is 3. The van der Waals surface area contributed by atoms with Crippen molar-refractivity contribution in [2.24, 2.45) is 0 Å². The number of hydrogen-bond donors (Lipinski definition) is 1. The first-order chi connectivity index (χ1) is 13.1. The van der Waals surface area contributed by atoms with E-state index < -0.39 is 6.10 Å². The molecule has 2 heterocycles. The van der Waals surface area contributed by atoms with Gasteiger partial charge in [-0.05, 0) is 23.1 Å². The van der Waals surface area contributed by atoms with Crippen molar-refractivity contribution in [3.05, 3.63) is 29.7 Å². The fourth-order valence-electron chi connectivity index (χ4n) is 3.05. The van der Waals surface area contributed by atoms with Gasteiger partial charge < -0.3 is 24.3 Å². The second-order valence-corrected chi connectivity index (χ2v) is 8.24. The fourth-order valence-corrected chi connectivity index (χ4v) is 3.05. The number of morpholine rings is 1. The van der Waals surface area contributed by atoms with Crippen molar-refractivity contribution in [1.82, 2.24) is 20.1 Å². The molecule has 3 rings (SSSR count). The monoisotopic (exact) mass is 388 g/mol. The number of urea groups is 1. The summed E-state index contributed by atoms with van der Waals surface area (Å²) >= 11 is 0. The van der Waals surface area contributed by atoms with Gasteiger partial charge in [0.05, 0.1) is 19.7 Å². The Labute approximate surface area is 164 Å². The lowest BCUT2D eigenvalue weighted by atomic mass is 9.87. The number of hydrogen-bond acceptors (Lipinski definition) is 5. The fraction of sp³-hybridized carbons (Fsp3) is 0.550. The molecule has 1 N–H and O–H groups in total. The highest BCUT2D eigenvalue weighted by atomic mass is 16.5. The molecule has 1 unspecified atom stereocenters. The molecular formula is C20H28N4O4. The molecule has 1 aromatic carbocycles. The summed E-state index contributed by atoms with van der Waals surface area (Å²) in [6.45, 7) is 7.61. The number of fused-ring (bicyclic) bond motifs is 1. The summed E-state index contributed by atoms with van der Waals surface area (Å²) in [5, 5.41) is 2.81. The average Bonchev–Trinajstić information content (AvgIpc) is 3.07. The molecule has 0 aliphatic carbocycles. The average molecular weight is 388 g/mol. The van der Waals surface area contributed by atoms with Crippen molar-refractivity contribution >= 4 is 23.0 Å². The van der Waals surface area contributed by atoms with Crippen molar-refractivity contribution in [2.75, 3.05) is 33.8 Å². The number of nitrogens with one attached hydrogen (secondary N) is 1. The van der Waals surface area contributed by atoms with E-state index in [-0.39, 0.29) is 30.4 Å². The number of nitrogens with zero attached hydrogens (tertiary/aromatic N) is 3. The van der Waals surface area contributed by atoms with Crippen LogP contribution in [0.25, 0.3) is 11.1 Å². The van der Waals surface area contributed by atoms with Crippen LogP contribution >= 0.6 is 0 Å². The summed E-state index contributed by atoms with van der Waals surface area (Å²) in [5.74, 6) is 0.301. The number of carbonyl (C=O) groups excluding carboxylic acids is 2. The smallest absolute Gasteiger partial charge is 0.318 e. The van der Waals surface area contributed by atoms with Crippen LogP contribution in [0.3, 0.4) is 0 Å². The second-order valence-electron chi connectivity index (χ2n) is 8.24. The van der Waals surface area contributed by atoms with Gasteiger partial charge in [0, 0.05) is 20.6 Å². The van der Waals surface area contributed by atoms with Crippen molar-refractivity contribution < 1.29 is 18.7 Å². The zero-order chi connectivity index (χ0) is 20.5. The van der Waals surface area contributed by atoms with Gasteiger partial charge in [0.25, 0.3) is 5.91 Å². The quantitative estimate of drug-likeness (QED) is 0.870. The Morgan fingerprint density at radius 2 is 2.07 bits per heavy atom. The van der Waals surface area contributed by atoms with Gasteiger partial charge in [-0.3, -0.25) is 4.79 Å². The van der Waals surface area contributed by atoms with Gasteiger partial charge in [-0.15, -0.1) is 0 Å². The number of aromatic nitrogens is 1. The molecule has 0 saturated carbocycles. The molecule has 0 radical (unpaired) electrons. The highest BCUT2D eigenvalue weighted by molar-refractivity contribution is 5.82. The van der Waals surface area contributed by atoms with Crippen LogP contribution in [0.4, 0.5) is 4.79 Å². The molecule has 0 spiro atoms. The van der Waals surface area contributed by atoms with Gasteiger partial charge >= 0.3 is 6.03 Å². The predicted molar refractivity (Wildman–Crippen MR) is 105 cm³/mol. The molecule has 0 bridgehead atoms. The van der Waals surface area contributed by atoms with E-state index in [2.05, 4.69) is 31.1 Å². The van der Waals surface area contributed by atoms with Crippen LogP contribution in [0.15, 0.2) is 22.6 Å². The van der Waals surface area contributed by atoms with E-state index in [1.165, 1.54) is 10.5 Å². The highest BCUT2D eigenvalue weighted by Gasteiger charge is 2.30. The summed E-state index contributed by atoms with van der Waals surface area (Å²) in [6.07, 6.45) is -0.630. The van der Waals surface area contributed by atoms with Crippen molar-refractivity contribution in [3.63, 3.8) is 0 Å². The minimum atomic E-state index is -0.630. The van der Waals surface area contributed by atoms with Crippen LogP contribution in [0, 0.1) is 0 Å². The lowest BCUT2D eigenvalue weighted by Gasteiger charge is -2.33. The molecule has 1 atom stereocenters. The van der Waals surface area contributed by atoms with Crippen molar-refractivity contribution in [3.8, 4) is 0 Å². The van der Waals surface area contributed by atoms with Crippen LogP contribution < -0.4 is 5.32 Å². The zero-order valence-corrected chi connectivity index (χ0v) is 17.1. The van der Waals surface area contributed by atoms with Crippen LogP contribution in [0.5, 0.6) is 0 Å². The number of likely N-dealkylation sites (N-methyl/N-ethyl adjacent to an activating group) is 1. The number of carbonyl (C=O) groups is 2. The lowest BCUT2D eigenvalue weighted by molar-refractivity contribution is -0.145. The minimum absolute atomic E-state index is 0.0262. The van der Waals surface area contributed by atoms with Gasteiger partial charge in [0.1, 0.15) is 5.52 Å². The molecule has 3 amide bonds. The first-order valence-electron chi connectivity index (χ1n) is 9.40. The largest absolute Gasteiger partial charge is 0.439 e. The van der Waals surface area contributed by atoms with Gasteiger partial charge in [-0.25, -0.2) is 9.78 Å². The minimum Gasteiger partial charge on any atom is -0.439 e. The van der Waals surface area contributed by atoms with E-state index in [1.807, 2.05) is 18.2 Å². The summed E-state index contributed by atoms with van der Waals surface area (Å²) in [6, 6.07) is 5.69. The van der Waals surface area contributed by atoms with Crippen molar-refractivity contribution in [2.45, 2.75) is 38.8 Å². The van der Waals surface area contributed by atoms with E-state index in [9.17, 15) is 9.59 Å². The SMILES string of the molecule is CN(C)C(=O)C1CN(C(=O)NCc2nc3cc(C(C)(C)C)ccc3o2)CCO1. The molecule has 152 valence electrons. The van der Waals surface area contributed by atoms with E-state index in [1.54, 1.807) is 19.0 Å². The topological polar surface area (TPSA) is 87.9 Å². The Bertz CT molecular complexity index is 869. The Morgan fingerprint density at radius 3 is 2.75 bits per heavy atom. The summed E-state index contributed by atoms with van der Waals surface area (Å²) in [5.41, 5.74) is 2.67. The third kappa shape index (κ3) is 4.44. The van der Waals surface area contributed by atoms with E-state index in [0.717, 1.165) is 5.52 Å². The van der Waals surface area contributed by atoms with Crippen LogP contribution in [-0.2, 0) is 21.5 Å². The maximum Gasteiger partial charge on any atom is 0.318 e. The standard InChI is InChI=1S/C20H28N4O4/c1-20(2,3)13-6-7-15-14(10-13)22-17(28-15)11-21-19(26)24-8-9-27-16(12-24)18(25)23(4)5/h6-7,10,16H,8-9,11-12H2,1-5H3,(H,21,26). The predicted octanol–water partition coefficient (Wildman–Crippen LogP) is 2.12. The molecule has 1 fully saturated rings. The number of rotatable bonds is 3. The van der Waals surface area contributed by atoms with E-state index in [0.29, 0.717) is 24.6 Å². The maximum atomic E-state index is 12.5. The van der Waals surface area contributed by atoms with Gasteiger partial charge in [0.15, 0.2) is 11.7 Å². The molecule has 2 aromatic rings. The van der Waals surface area contributed by atoms with E-state index >= 15 is 0 Å². The number of ether oxygens (including phenoxy) is 1. The molecule has 1 aliphatic heterocycles. The molecule has 1 aromatic heterocycles. The van der Waals surface area contributed by atoms with Gasteiger partial charge in [0.2, 0.25) is 5.89 Å². The van der Waals surface area contributed by atoms with Crippen molar-refractivity contribution in [1.29, 1.82) is 0 Å². The van der Waals surface area contributed by atoms with Crippen LogP contribution in [0.1, 0.15) is 32.2 Å². The number of oxazole rings is 1. The third-order valence-electron chi connectivity index (χ3n) is 4.76. The van der Waals surface area contributed by atoms with Crippen LogP contribution in [0.2, 0.25) is 0 Å². The Kier molecular flexibility index (Phi) is 5.60. The first-order valence-corrected chi connectivity index (χ1v) is 9.40. The maximum absolute atomic E-state index is 12.5.